The van der Waals surface area contributed by atoms with Crippen LogP contribution in [0.15, 0.2) is 65.6 Å². The molecule has 3 aromatic carbocycles. The molecule has 2 aliphatic heterocycles. The molecule has 9 nitrogen and oxygen atoms in total. The first-order chi connectivity index (χ1) is 18.8. The van der Waals surface area contributed by atoms with Gasteiger partial charge in [-0.3, -0.25) is 14.0 Å². The molecule has 11 heteroatoms. The maximum atomic E-state index is 13.7. The van der Waals surface area contributed by atoms with Crippen LogP contribution >= 0.6 is 11.3 Å². The molecule has 0 fully saturated rings. The number of aromatic nitrogens is 1. The zero-order valence-electron chi connectivity index (χ0n) is 21.7. The Bertz CT molecular complexity index is 1610. The van der Waals surface area contributed by atoms with E-state index in [2.05, 4.69) is 0 Å². The van der Waals surface area contributed by atoms with E-state index in [1.807, 2.05) is 55.4 Å². The number of carbonyl (C=O) groups excluding carboxylic acids is 1. The second kappa shape index (κ2) is 10.1. The number of anilines is 2. The fourth-order valence-corrected chi connectivity index (χ4v) is 7.27. The Balaban J connectivity index is 1.29. The molecule has 2 aliphatic rings. The van der Waals surface area contributed by atoms with Crippen LogP contribution in [0.4, 0.5) is 10.8 Å². The lowest BCUT2D eigenvalue weighted by Gasteiger charge is -2.22. The Kier molecular flexibility index (Phi) is 6.66. The standard InChI is InChI=1S/C28H28N4O5S2/c1-30(2)13-14-31(28-29-22-17-24-25(18-26(22)38-28)37-16-15-36-24)27(33)20-7-9-21(10-8-20)39(34,35)32-12-11-19-5-3-4-6-23(19)32/h3-10,17-18H,11-16H2,1-2H3. The highest BCUT2D eigenvalue weighted by atomic mass is 32.2. The number of likely N-dealkylation sites (N-methyl/N-ethyl adjacent to an activating group) is 1. The van der Waals surface area contributed by atoms with Crippen LogP contribution in [0.5, 0.6) is 11.5 Å². The maximum absolute atomic E-state index is 13.7. The van der Waals surface area contributed by atoms with Crippen LogP contribution in [0.1, 0.15) is 15.9 Å². The summed E-state index contributed by atoms with van der Waals surface area (Å²) < 4.78 is 40.6. The average Bonchev–Trinajstić information content (AvgIpc) is 3.56. The Hall–Kier alpha value is -3.67. The Morgan fingerprint density at radius 3 is 2.46 bits per heavy atom. The third-order valence-electron chi connectivity index (χ3n) is 6.82. The van der Waals surface area contributed by atoms with Gasteiger partial charge >= 0.3 is 0 Å². The minimum absolute atomic E-state index is 0.154. The topological polar surface area (TPSA) is 92.3 Å². The summed E-state index contributed by atoms with van der Waals surface area (Å²) in [5.41, 5.74) is 2.84. The zero-order chi connectivity index (χ0) is 27.1. The van der Waals surface area contributed by atoms with E-state index < -0.39 is 10.0 Å². The van der Waals surface area contributed by atoms with Crippen LogP contribution in [0.3, 0.4) is 0 Å². The number of benzene rings is 3. The molecule has 1 amide bonds. The molecule has 0 saturated carbocycles. The number of rotatable bonds is 7. The molecule has 1 aromatic heterocycles. The van der Waals surface area contributed by atoms with Gasteiger partial charge in [-0.2, -0.15) is 0 Å². The number of hydrogen-bond acceptors (Lipinski definition) is 8. The summed E-state index contributed by atoms with van der Waals surface area (Å²) in [6, 6.07) is 17.4. The summed E-state index contributed by atoms with van der Waals surface area (Å²) in [5, 5.41) is 0.560. The maximum Gasteiger partial charge on any atom is 0.264 e. The van der Waals surface area contributed by atoms with E-state index in [9.17, 15) is 13.2 Å². The molecule has 0 spiro atoms. The minimum Gasteiger partial charge on any atom is -0.486 e. The van der Waals surface area contributed by atoms with Crippen molar-refractivity contribution in [2.45, 2.75) is 11.3 Å². The first kappa shape index (κ1) is 25.6. The predicted molar refractivity (Wildman–Crippen MR) is 152 cm³/mol. The van der Waals surface area contributed by atoms with E-state index in [-0.39, 0.29) is 10.8 Å². The molecule has 0 saturated heterocycles. The second-order valence-electron chi connectivity index (χ2n) is 9.70. The van der Waals surface area contributed by atoms with E-state index >= 15 is 0 Å². The van der Waals surface area contributed by atoms with Crippen LogP contribution in [0.2, 0.25) is 0 Å². The van der Waals surface area contributed by atoms with Gasteiger partial charge in [-0.15, -0.1) is 0 Å². The molecule has 4 aromatic rings. The number of carbonyl (C=O) groups is 1. The number of hydrogen-bond donors (Lipinski definition) is 0. The van der Waals surface area contributed by atoms with Crippen LogP contribution in [0, 0.1) is 0 Å². The number of thiazole rings is 1. The fourth-order valence-electron chi connectivity index (χ4n) is 4.76. The highest BCUT2D eigenvalue weighted by Crippen LogP contribution is 2.39. The smallest absolute Gasteiger partial charge is 0.264 e. The Morgan fingerprint density at radius 2 is 1.72 bits per heavy atom. The lowest BCUT2D eigenvalue weighted by Crippen LogP contribution is -2.36. The average molecular weight is 565 g/mol. The molecule has 0 atom stereocenters. The van der Waals surface area contributed by atoms with E-state index in [0.29, 0.717) is 67.2 Å². The quantitative estimate of drug-likeness (QED) is 0.335. The first-order valence-electron chi connectivity index (χ1n) is 12.7. The number of amides is 1. The van der Waals surface area contributed by atoms with Crippen LogP contribution < -0.4 is 18.7 Å². The highest BCUT2D eigenvalue weighted by molar-refractivity contribution is 7.92. The molecular formula is C28H28N4O5S2. The van der Waals surface area contributed by atoms with Crippen molar-refractivity contribution < 1.29 is 22.7 Å². The number of ether oxygens (including phenoxy) is 2. The number of para-hydroxylation sites is 1. The third kappa shape index (κ3) is 4.81. The van der Waals surface area contributed by atoms with Gasteiger partial charge in [0.05, 0.1) is 20.8 Å². The van der Waals surface area contributed by atoms with E-state index in [1.165, 1.54) is 27.8 Å². The van der Waals surface area contributed by atoms with Crippen molar-refractivity contribution in [1.29, 1.82) is 0 Å². The normalized spacial score (nSPS) is 14.6. The largest absolute Gasteiger partial charge is 0.486 e. The molecule has 39 heavy (non-hydrogen) atoms. The van der Waals surface area contributed by atoms with Crippen molar-refractivity contribution in [3.63, 3.8) is 0 Å². The van der Waals surface area contributed by atoms with Gasteiger partial charge in [0, 0.05) is 37.3 Å². The number of sulfonamides is 1. The van der Waals surface area contributed by atoms with Gasteiger partial charge in [0.15, 0.2) is 16.6 Å². The summed E-state index contributed by atoms with van der Waals surface area (Å²) in [6.07, 6.45) is 0.677. The second-order valence-corrected chi connectivity index (χ2v) is 12.6. The molecule has 3 heterocycles. The van der Waals surface area contributed by atoms with Gasteiger partial charge in [-0.05, 0) is 56.4 Å². The van der Waals surface area contributed by atoms with Crippen LogP contribution in [-0.2, 0) is 16.4 Å². The van der Waals surface area contributed by atoms with Crippen molar-refractivity contribution in [3.8, 4) is 11.5 Å². The van der Waals surface area contributed by atoms with Gasteiger partial charge in [-0.25, -0.2) is 13.4 Å². The van der Waals surface area contributed by atoms with E-state index in [1.54, 1.807) is 17.0 Å². The zero-order valence-corrected chi connectivity index (χ0v) is 23.3. The Morgan fingerprint density at radius 1 is 1.00 bits per heavy atom. The van der Waals surface area contributed by atoms with Gasteiger partial charge in [0.25, 0.3) is 15.9 Å². The number of nitrogens with zero attached hydrogens (tertiary/aromatic N) is 4. The molecule has 0 unspecified atom stereocenters. The van der Waals surface area contributed by atoms with E-state index in [4.69, 9.17) is 14.5 Å². The summed E-state index contributed by atoms with van der Waals surface area (Å²) in [4.78, 5) is 22.3. The van der Waals surface area contributed by atoms with Crippen LogP contribution in [-0.4, -0.2) is 71.2 Å². The van der Waals surface area contributed by atoms with Crippen molar-refractivity contribution in [2.75, 3.05) is 56.1 Å². The summed E-state index contributed by atoms with van der Waals surface area (Å²) in [7, 11) is 0.142. The van der Waals surface area contributed by atoms with Gasteiger partial charge < -0.3 is 14.4 Å². The summed E-state index contributed by atoms with van der Waals surface area (Å²) in [5.74, 6) is 1.07. The molecule has 0 N–H and O–H groups in total. The minimum atomic E-state index is -3.75. The molecule has 0 bridgehead atoms. The summed E-state index contributed by atoms with van der Waals surface area (Å²) in [6.45, 7) is 2.43. The van der Waals surface area contributed by atoms with Crippen molar-refractivity contribution in [1.82, 2.24) is 9.88 Å². The van der Waals surface area contributed by atoms with Gasteiger partial charge in [0.2, 0.25) is 0 Å². The fraction of sp³-hybridized carbons (Fsp3) is 0.286. The highest BCUT2D eigenvalue weighted by Gasteiger charge is 2.31. The summed E-state index contributed by atoms with van der Waals surface area (Å²) >= 11 is 1.41. The van der Waals surface area contributed by atoms with Crippen molar-refractivity contribution >= 4 is 48.3 Å². The lowest BCUT2D eigenvalue weighted by atomic mass is 10.2. The SMILES string of the molecule is CN(C)CCN(C(=O)c1ccc(S(=O)(=O)N2CCc3ccccc32)cc1)c1nc2cc3c(cc2s1)OCCO3. The molecule has 0 radical (unpaired) electrons. The first-order valence-corrected chi connectivity index (χ1v) is 14.9. The van der Waals surface area contributed by atoms with Gasteiger partial charge in [0.1, 0.15) is 13.2 Å². The monoisotopic (exact) mass is 564 g/mol. The number of fused-ring (bicyclic) bond motifs is 3. The Labute approximate surface area is 231 Å². The molecule has 202 valence electrons. The molecule has 0 aliphatic carbocycles. The predicted octanol–water partition coefficient (Wildman–Crippen LogP) is 4.03. The van der Waals surface area contributed by atoms with E-state index in [0.717, 1.165) is 15.8 Å². The molecular weight excluding hydrogens is 536 g/mol. The lowest BCUT2D eigenvalue weighted by molar-refractivity contribution is 0.0985. The van der Waals surface area contributed by atoms with Crippen molar-refractivity contribution in [3.05, 3.63) is 71.8 Å². The third-order valence-corrected chi connectivity index (χ3v) is 9.69. The van der Waals surface area contributed by atoms with Gasteiger partial charge in [-0.1, -0.05) is 29.5 Å². The molecule has 6 rings (SSSR count). The van der Waals surface area contributed by atoms with Crippen LogP contribution in [0.25, 0.3) is 10.2 Å². The van der Waals surface area contributed by atoms with Crippen molar-refractivity contribution in [2.24, 2.45) is 0 Å².